The van der Waals surface area contributed by atoms with Gasteiger partial charge in [-0.3, -0.25) is 4.79 Å². The van der Waals surface area contributed by atoms with Gasteiger partial charge in [0.2, 0.25) is 0 Å². The zero-order valence-corrected chi connectivity index (χ0v) is 12.0. The molecule has 1 heterocycles. The Morgan fingerprint density at radius 3 is 2.85 bits per heavy atom. The number of aromatic nitrogens is 1. The van der Waals surface area contributed by atoms with Crippen LogP contribution < -0.4 is 5.32 Å². The summed E-state index contributed by atoms with van der Waals surface area (Å²) in [7, 11) is 0. The molecular weight excluding hydrogens is 254 g/mol. The number of carbonyl (C=O) groups is 1. The third-order valence-electron chi connectivity index (χ3n) is 3.69. The SMILES string of the molecule is CCNc1cccc(C(=O)N(CCO)C2CCCC2)n1. The third-order valence-corrected chi connectivity index (χ3v) is 3.69. The molecular formula is C15H23N3O2. The van der Waals surface area contributed by atoms with Gasteiger partial charge in [-0.15, -0.1) is 0 Å². The van der Waals surface area contributed by atoms with Crippen molar-refractivity contribution in [3.63, 3.8) is 0 Å². The van der Waals surface area contributed by atoms with E-state index in [2.05, 4.69) is 10.3 Å². The summed E-state index contributed by atoms with van der Waals surface area (Å²) in [5.41, 5.74) is 0.448. The monoisotopic (exact) mass is 277 g/mol. The first-order chi connectivity index (χ1) is 9.76. The minimum Gasteiger partial charge on any atom is -0.395 e. The summed E-state index contributed by atoms with van der Waals surface area (Å²) < 4.78 is 0. The van der Waals surface area contributed by atoms with E-state index in [4.69, 9.17) is 0 Å². The lowest BCUT2D eigenvalue weighted by Gasteiger charge is -2.28. The van der Waals surface area contributed by atoms with Crippen LogP contribution in [0, 0.1) is 0 Å². The van der Waals surface area contributed by atoms with Gasteiger partial charge in [0.05, 0.1) is 6.61 Å². The highest BCUT2D eigenvalue weighted by molar-refractivity contribution is 5.93. The Morgan fingerprint density at radius 1 is 1.45 bits per heavy atom. The molecule has 1 amide bonds. The van der Waals surface area contributed by atoms with E-state index < -0.39 is 0 Å². The maximum Gasteiger partial charge on any atom is 0.272 e. The maximum atomic E-state index is 12.6. The number of carbonyl (C=O) groups excluding carboxylic acids is 1. The average molecular weight is 277 g/mol. The molecule has 5 heteroatoms. The van der Waals surface area contributed by atoms with E-state index in [1.165, 1.54) is 0 Å². The number of nitrogens with zero attached hydrogens (tertiary/aromatic N) is 2. The molecule has 0 aromatic carbocycles. The van der Waals surface area contributed by atoms with E-state index in [0.29, 0.717) is 18.1 Å². The summed E-state index contributed by atoms with van der Waals surface area (Å²) in [5, 5.41) is 12.3. The molecule has 2 N–H and O–H groups in total. The largest absolute Gasteiger partial charge is 0.395 e. The zero-order chi connectivity index (χ0) is 14.4. The van der Waals surface area contributed by atoms with E-state index in [-0.39, 0.29) is 18.6 Å². The van der Waals surface area contributed by atoms with Gasteiger partial charge in [0.15, 0.2) is 0 Å². The number of aliphatic hydroxyl groups excluding tert-OH is 1. The predicted molar refractivity (Wildman–Crippen MR) is 78.8 cm³/mol. The summed E-state index contributed by atoms with van der Waals surface area (Å²) in [6.45, 7) is 3.14. The van der Waals surface area contributed by atoms with Crippen LogP contribution in [0.2, 0.25) is 0 Å². The number of hydrogen-bond donors (Lipinski definition) is 2. The standard InChI is InChI=1S/C15H23N3O2/c1-2-16-14-9-5-8-13(17-14)15(20)18(10-11-19)12-6-3-4-7-12/h5,8-9,12,19H,2-4,6-7,10-11H2,1H3,(H,16,17). The molecule has 2 rings (SSSR count). The molecule has 1 saturated carbocycles. The van der Waals surface area contributed by atoms with E-state index in [0.717, 1.165) is 32.2 Å². The number of nitrogens with one attached hydrogen (secondary N) is 1. The highest BCUT2D eigenvalue weighted by Crippen LogP contribution is 2.24. The van der Waals surface area contributed by atoms with Crippen molar-refractivity contribution in [2.45, 2.75) is 38.6 Å². The highest BCUT2D eigenvalue weighted by Gasteiger charge is 2.27. The van der Waals surface area contributed by atoms with Crippen LogP contribution in [-0.4, -0.2) is 46.6 Å². The normalized spacial score (nSPS) is 15.3. The Bertz CT molecular complexity index is 444. The number of amides is 1. The smallest absolute Gasteiger partial charge is 0.272 e. The highest BCUT2D eigenvalue weighted by atomic mass is 16.3. The van der Waals surface area contributed by atoms with Gasteiger partial charge < -0.3 is 15.3 Å². The summed E-state index contributed by atoms with van der Waals surface area (Å²) in [4.78, 5) is 18.7. The van der Waals surface area contributed by atoms with E-state index in [9.17, 15) is 9.90 Å². The van der Waals surface area contributed by atoms with Crippen LogP contribution in [0.1, 0.15) is 43.1 Å². The third kappa shape index (κ3) is 3.48. The molecule has 0 unspecified atom stereocenters. The second-order valence-electron chi connectivity index (χ2n) is 5.10. The van der Waals surface area contributed by atoms with E-state index >= 15 is 0 Å². The Balaban J connectivity index is 2.15. The molecule has 1 aromatic rings. The molecule has 0 atom stereocenters. The Hall–Kier alpha value is -1.62. The van der Waals surface area contributed by atoms with Crippen molar-refractivity contribution < 1.29 is 9.90 Å². The summed E-state index contributed by atoms with van der Waals surface area (Å²) in [5.74, 6) is 0.638. The van der Waals surface area contributed by atoms with Gasteiger partial charge in [-0.25, -0.2) is 4.98 Å². The minimum atomic E-state index is -0.0781. The van der Waals surface area contributed by atoms with Crippen LogP contribution in [0.3, 0.4) is 0 Å². The van der Waals surface area contributed by atoms with Gasteiger partial charge >= 0.3 is 0 Å². The summed E-state index contributed by atoms with van der Waals surface area (Å²) in [6, 6.07) is 5.68. The van der Waals surface area contributed by atoms with Crippen LogP contribution in [-0.2, 0) is 0 Å². The summed E-state index contributed by atoms with van der Waals surface area (Å²) in [6.07, 6.45) is 4.37. The molecule has 0 radical (unpaired) electrons. The first-order valence-electron chi connectivity index (χ1n) is 7.39. The maximum absolute atomic E-state index is 12.6. The van der Waals surface area contributed by atoms with Crippen molar-refractivity contribution in [1.29, 1.82) is 0 Å². The van der Waals surface area contributed by atoms with Crippen LogP contribution in [0.25, 0.3) is 0 Å². The average Bonchev–Trinajstić information content (AvgIpc) is 2.98. The Labute approximate surface area is 120 Å². The van der Waals surface area contributed by atoms with Gasteiger partial charge in [-0.05, 0) is 31.9 Å². The number of anilines is 1. The lowest BCUT2D eigenvalue weighted by atomic mass is 10.2. The quantitative estimate of drug-likeness (QED) is 0.833. The molecule has 0 bridgehead atoms. The second-order valence-corrected chi connectivity index (χ2v) is 5.10. The fourth-order valence-electron chi connectivity index (χ4n) is 2.75. The number of rotatable bonds is 6. The fourth-order valence-corrected chi connectivity index (χ4v) is 2.75. The first-order valence-corrected chi connectivity index (χ1v) is 7.39. The van der Waals surface area contributed by atoms with Gasteiger partial charge in [0.1, 0.15) is 11.5 Å². The van der Waals surface area contributed by atoms with Crippen LogP contribution in [0.4, 0.5) is 5.82 Å². The zero-order valence-electron chi connectivity index (χ0n) is 12.0. The molecule has 1 aromatic heterocycles. The van der Waals surface area contributed by atoms with Crippen molar-refractivity contribution in [3.8, 4) is 0 Å². The molecule has 1 fully saturated rings. The molecule has 110 valence electrons. The topological polar surface area (TPSA) is 65.5 Å². The molecule has 5 nitrogen and oxygen atoms in total. The number of aliphatic hydroxyl groups is 1. The Kier molecular flexibility index (Phi) is 5.35. The van der Waals surface area contributed by atoms with Gasteiger partial charge in [-0.2, -0.15) is 0 Å². The molecule has 1 aliphatic rings. The van der Waals surface area contributed by atoms with Crippen LogP contribution in [0.15, 0.2) is 18.2 Å². The molecule has 0 saturated heterocycles. The predicted octanol–water partition coefficient (Wildman–Crippen LogP) is 1.89. The molecule has 0 aliphatic heterocycles. The molecule has 20 heavy (non-hydrogen) atoms. The van der Waals surface area contributed by atoms with Crippen molar-refractivity contribution in [2.24, 2.45) is 0 Å². The second kappa shape index (κ2) is 7.24. The first kappa shape index (κ1) is 14.8. The van der Waals surface area contributed by atoms with E-state index in [1.807, 2.05) is 19.1 Å². The number of hydrogen-bond acceptors (Lipinski definition) is 4. The van der Waals surface area contributed by atoms with Gasteiger partial charge in [0.25, 0.3) is 5.91 Å². The molecule has 0 spiro atoms. The lowest BCUT2D eigenvalue weighted by molar-refractivity contribution is 0.0632. The van der Waals surface area contributed by atoms with Crippen molar-refractivity contribution in [2.75, 3.05) is 25.0 Å². The molecule has 1 aliphatic carbocycles. The minimum absolute atomic E-state index is 0.00482. The lowest BCUT2D eigenvalue weighted by Crippen LogP contribution is -2.41. The van der Waals surface area contributed by atoms with Gasteiger partial charge in [0, 0.05) is 19.1 Å². The van der Waals surface area contributed by atoms with Gasteiger partial charge in [-0.1, -0.05) is 18.9 Å². The van der Waals surface area contributed by atoms with Crippen molar-refractivity contribution >= 4 is 11.7 Å². The Morgan fingerprint density at radius 2 is 2.20 bits per heavy atom. The fraction of sp³-hybridized carbons (Fsp3) is 0.600. The number of pyridine rings is 1. The van der Waals surface area contributed by atoms with E-state index in [1.54, 1.807) is 11.0 Å². The van der Waals surface area contributed by atoms with Crippen LogP contribution in [0.5, 0.6) is 0 Å². The summed E-state index contributed by atoms with van der Waals surface area (Å²) >= 11 is 0. The van der Waals surface area contributed by atoms with Crippen molar-refractivity contribution in [1.82, 2.24) is 9.88 Å². The van der Waals surface area contributed by atoms with Crippen molar-refractivity contribution in [3.05, 3.63) is 23.9 Å². The van der Waals surface area contributed by atoms with Crippen LogP contribution >= 0.6 is 0 Å².